The van der Waals surface area contributed by atoms with Gasteiger partial charge in [0.1, 0.15) is 0 Å². The molecule has 1 aromatic heterocycles. The molecule has 1 amide bonds. The summed E-state index contributed by atoms with van der Waals surface area (Å²) in [6.07, 6.45) is 5.10. The largest absolute Gasteiger partial charge is 0.348 e. The van der Waals surface area contributed by atoms with Crippen molar-refractivity contribution < 1.29 is 4.79 Å². The van der Waals surface area contributed by atoms with Crippen LogP contribution >= 0.6 is 0 Å². The molecule has 0 saturated heterocycles. The molecule has 1 unspecified atom stereocenters. The van der Waals surface area contributed by atoms with E-state index in [1.165, 1.54) is 5.56 Å². The van der Waals surface area contributed by atoms with Crippen molar-refractivity contribution in [2.45, 2.75) is 39.7 Å². The van der Waals surface area contributed by atoms with Gasteiger partial charge in [-0.2, -0.15) is 0 Å². The fourth-order valence-corrected chi connectivity index (χ4v) is 2.57. The van der Waals surface area contributed by atoms with Gasteiger partial charge < -0.3 is 10.2 Å². The molecule has 0 spiro atoms. The van der Waals surface area contributed by atoms with Crippen LogP contribution in [-0.2, 0) is 0 Å². The van der Waals surface area contributed by atoms with Gasteiger partial charge in [-0.25, -0.2) is 9.97 Å². The predicted octanol–water partition coefficient (Wildman–Crippen LogP) is 3.91. The first-order chi connectivity index (χ1) is 11.7. The fraction of sp³-hybridized carbons (Fsp3) is 0.421. The number of carbonyl (C=O) groups is 1. The Labute approximate surface area is 144 Å². The van der Waals surface area contributed by atoms with Crippen LogP contribution in [0.25, 0.3) is 0 Å². The summed E-state index contributed by atoms with van der Waals surface area (Å²) in [6, 6.07) is 10.2. The third-order valence-corrected chi connectivity index (χ3v) is 3.82. The molecular weight excluding hydrogens is 300 g/mol. The Morgan fingerprint density at radius 1 is 1.08 bits per heavy atom. The molecule has 0 radical (unpaired) electrons. The summed E-state index contributed by atoms with van der Waals surface area (Å²) < 4.78 is 0. The lowest BCUT2D eigenvalue weighted by molar-refractivity contribution is 0.0754. The van der Waals surface area contributed by atoms with Crippen LogP contribution in [0.15, 0.2) is 42.7 Å². The normalized spacial score (nSPS) is 11.8. The average Bonchev–Trinajstić information content (AvgIpc) is 2.62. The summed E-state index contributed by atoms with van der Waals surface area (Å²) in [5.41, 5.74) is 1.70. The molecule has 2 rings (SSSR count). The monoisotopic (exact) mass is 326 g/mol. The molecule has 128 valence electrons. The number of amides is 1. The number of carbonyl (C=O) groups excluding carboxylic acids is 1. The van der Waals surface area contributed by atoms with Crippen molar-refractivity contribution in [1.29, 1.82) is 0 Å². The maximum Gasteiger partial charge on any atom is 0.256 e. The number of nitrogens with one attached hydrogen (secondary N) is 1. The summed E-state index contributed by atoms with van der Waals surface area (Å²) in [4.78, 5) is 23.0. The molecule has 0 fully saturated rings. The van der Waals surface area contributed by atoms with Gasteiger partial charge in [0.15, 0.2) is 0 Å². The van der Waals surface area contributed by atoms with Crippen LogP contribution in [-0.4, -0.2) is 33.9 Å². The Bertz CT molecular complexity index is 622. The van der Waals surface area contributed by atoms with Crippen molar-refractivity contribution >= 4 is 11.9 Å². The van der Waals surface area contributed by atoms with Gasteiger partial charge in [-0.1, -0.05) is 44.2 Å². The van der Waals surface area contributed by atoms with Gasteiger partial charge in [0, 0.05) is 25.5 Å². The van der Waals surface area contributed by atoms with Crippen molar-refractivity contribution in [3.8, 4) is 0 Å². The van der Waals surface area contributed by atoms with Crippen LogP contribution in [0.2, 0.25) is 0 Å². The first kappa shape index (κ1) is 17.9. The molecule has 5 heteroatoms. The van der Waals surface area contributed by atoms with Crippen LogP contribution in [0.5, 0.6) is 0 Å². The Kier molecular flexibility index (Phi) is 6.73. The van der Waals surface area contributed by atoms with Crippen molar-refractivity contribution in [2.24, 2.45) is 0 Å². The van der Waals surface area contributed by atoms with E-state index in [0.717, 1.165) is 25.9 Å². The minimum absolute atomic E-state index is 0.00126. The topological polar surface area (TPSA) is 58.1 Å². The lowest BCUT2D eigenvalue weighted by Gasteiger charge is -2.21. The molecule has 0 aliphatic rings. The van der Waals surface area contributed by atoms with Crippen molar-refractivity contribution in [1.82, 2.24) is 14.9 Å². The molecule has 1 N–H and O–H groups in total. The average molecular weight is 326 g/mol. The van der Waals surface area contributed by atoms with Gasteiger partial charge in [0.05, 0.1) is 11.6 Å². The molecule has 0 aliphatic heterocycles. The molecule has 24 heavy (non-hydrogen) atoms. The summed E-state index contributed by atoms with van der Waals surface area (Å²) in [6.45, 7) is 7.73. The Balaban J connectivity index is 2.03. The Morgan fingerprint density at radius 3 is 2.21 bits per heavy atom. The predicted molar refractivity (Wildman–Crippen MR) is 97.0 cm³/mol. The number of nitrogens with zero attached hydrogens (tertiary/aromatic N) is 3. The third kappa shape index (κ3) is 4.78. The van der Waals surface area contributed by atoms with Crippen LogP contribution in [0, 0.1) is 0 Å². The SMILES string of the molecule is CCCN(CCC)C(=O)c1cnc(NC(C)c2ccccc2)nc1. The zero-order valence-corrected chi connectivity index (χ0v) is 14.7. The van der Waals surface area contributed by atoms with Gasteiger partial charge in [-0.05, 0) is 25.3 Å². The zero-order valence-electron chi connectivity index (χ0n) is 14.7. The highest BCUT2D eigenvalue weighted by Gasteiger charge is 2.15. The first-order valence-electron chi connectivity index (χ1n) is 8.58. The summed E-state index contributed by atoms with van der Waals surface area (Å²) in [7, 11) is 0. The van der Waals surface area contributed by atoms with E-state index >= 15 is 0 Å². The van der Waals surface area contributed by atoms with E-state index in [2.05, 4.69) is 48.2 Å². The number of rotatable bonds is 8. The lowest BCUT2D eigenvalue weighted by Crippen LogP contribution is -2.32. The van der Waals surface area contributed by atoms with Crippen LogP contribution in [0.3, 0.4) is 0 Å². The van der Waals surface area contributed by atoms with E-state index in [9.17, 15) is 4.79 Å². The lowest BCUT2D eigenvalue weighted by atomic mass is 10.1. The maximum absolute atomic E-state index is 12.5. The van der Waals surface area contributed by atoms with E-state index in [1.54, 1.807) is 12.4 Å². The molecule has 1 heterocycles. The molecular formula is C19H26N4O. The van der Waals surface area contributed by atoms with Gasteiger partial charge in [0.25, 0.3) is 5.91 Å². The van der Waals surface area contributed by atoms with Crippen LogP contribution < -0.4 is 5.32 Å². The third-order valence-electron chi connectivity index (χ3n) is 3.82. The molecule has 0 saturated carbocycles. The second-order valence-electron chi connectivity index (χ2n) is 5.86. The minimum Gasteiger partial charge on any atom is -0.348 e. The molecule has 2 aromatic rings. The molecule has 1 aromatic carbocycles. The highest BCUT2D eigenvalue weighted by molar-refractivity contribution is 5.93. The fourth-order valence-electron chi connectivity index (χ4n) is 2.57. The van der Waals surface area contributed by atoms with Crippen molar-refractivity contribution in [3.63, 3.8) is 0 Å². The molecule has 0 aliphatic carbocycles. The van der Waals surface area contributed by atoms with Gasteiger partial charge in [0.2, 0.25) is 5.95 Å². The zero-order chi connectivity index (χ0) is 17.4. The van der Waals surface area contributed by atoms with Crippen molar-refractivity contribution in [3.05, 3.63) is 53.9 Å². The summed E-state index contributed by atoms with van der Waals surface area (Å²) in [5, 5.41) is 3.26. The Morgan fingerprint density at radius 2 is 1.67 bits per heavy atom. The standard InChI is InChI=1S/C19H26N4O/c1-4-11-23(12-5-2)18(24)17-13-20-19(21-14-17)22-15(3)16-9-7-6-8-10-16/h6-10,13-15H,4-5,11-12H2,1-3H3,(H,20,21,22). The van der Waals surface area contributed by atoms with Crippen LogP contribution in [0.4, 0.5) is 5.95 Å². The summed E-state index contributed by atoms with van der Waals surface area (Å²) in [5.74, 6) is 0.529. The van der Waals surface area contributed by atoms with E-state index in [-0.39, 0.29) is 11.9 Å². The molecule has 5 nitrogen and oxygen atoms in total. The number of benzene rings is 1. The second-order valence-corrected chi connectivity index (χ2v) is 5.86. The van der Waals surface area contributed by atoms with E-state index in [0.29, 0.717) is 11.5 Å². The quantitative estimate of drug-likeness (QED) is 0.799. The first-order valence-corrected chi connectivity index (χ1v) is 8.58. The number of aromatic nitrogens is 2. The highest BCUT2D eigenvalue weighted by Crippen LogP contribution is 2.16. The maximum atomic E-state index is 12.5. The Hall–Kier alpha value is -2.43. The minimum atomic E-state index is 0.00126. The van der Waals surface area contributed by atoms with E-state index in [1.807, 2.05) is 23.1 Å². The van der Waals surface area contributed by atoms with Crippen LogP contribution in [0.1, 0.15) is 55.6 Å². The van der Waals surface area contributed by atoms with Gasteiger partial charge in [-0.3, -0.25) is 4.79 Å². The van der Waals surface area contributed by atoms with Gasteiger partial charge in [-0.15, -0.1) is 0 Å². The van der Waals surface area contributed by atoms with E-state index < -0.39 is 0 Å². The summed E-state index contributed by atoms with van der Waals surface area (Å²) >= 11 is 0. The number of hydrogen-bond acceptors (Lipinski definition) is 4. The number of hydrogen-bond donors (Lipinski definition) is 1. The smallest absolute Gasteiger partial charge is 0.256 e. The highest BCUT2D eigenvalue weighted by atomic mass is 16.2. The molecule has 1 atom stereocenters. The number of anilines is 1. The molecule has 0 bridgehead atoms. The van der Waals surface area contributed by atoms with Gasteiger partial charge >= 0.3 is 0 Å². The van der Waals surface area contributed by atoms with Crippen molar-refractivity contribution in [2.75, 3.05) is 18.4 Å². The second kappa shape index (κ2) is 9.01. The van der Waals surface area contributed by atoms with E-state index in [4.69, 9.17) is 0 Å².